The van der Waals surface area contributed by atoms with Gasteiger partial charge in [-0.3, -0.25) is 14.1 Å². The van der Waals surface area contributed by atoms with E-state index in [4.69, 9.17) is 9.90 Å². The maximum absolute atomic E-state index is 12.8. The first-order valence-corrected chi connectivity index (χ1v) is 9.81. The van der Waals surface area contributed by atoms with Gasteiger partial charge in [0.05, 0.1) is 6.20 Å². The van der Waals surface area contributed by atoms with Crippen LogP contribution in [0.2, 0.25) is 0 Å². The summed E-state index contributed by atoms with van der Waals surface area (Å²) in [5, 5.41) is 7.11. The molecule has 0 aliphatic carbocycles. The summed E-state index contributed by atoms with van der Waals surface area (Å²) in [6, 6.07) is 5.83. The number of rotatable bonds is 3. The van der Waals surface area contributed by atoms with Crippen LogP contribution in [0.25, 0.3) is 5.65 Å². The van der Waals surface area contributed by atoms with Crippen molar-refractivity contribution in [3.05, 3.63) is 30.6 Å². The number of piperidine rings is 1. The van der Waals surface area contributed by atoms with E-state index in [0.29, 0.717) is 11.7 Å². The molecule has 2 fully saturated rings. The molecular weight excluding hydrogens is 344 g/mol. The predicted octanol–water partition coefficient (Wildman–Crippen LogP) is 0.940. The molecule has 4 heterocycles. The monoisotopic (exact) mass is 366 g/mol. The zero-order chi connectivity index (χ0) is 17.9. The number of imidazole rings is 1. The summed E-state index contributed by atoms with van der Waals surface area (Å²) in [6.07, 6.45) is 7.39. The number of carboxylic acid groups (broad SMARTS) is 1. The second kappa shape index (κ2) is 7.51. The van der Waals surface area contributed by atoms with Gasteiger partial charge in [0.2, 0.25) is 0 Å². The number of sulfonamides is 1. The fourth-order valence-electron chi connectivity index (χ4n) is 3.80. The molecular formula is C16H22N4O4S. The third-order valence-electron chi connectivity index (χ3n) is 4.80. The van der Waals surface area contributed by atoms with Crippen molar-refractivity contribution >= 4 is 22.1 Å². The number of fused-ring (bicyclic) bond motifs is 2. The molecule has 0 aromatic carbocycles. The fourth-order valence-corrected chi connectivity index (χ4v) is 5.20. The van der Waals surface area contributed by atoms with Gasteiger partial charge in [-0.25, -0.2) is 18.1 Å². The summed E-state index contributed by atoms with van der Waals surface area (Å²) in [6.45, 7) is 1.94. The van der Waals surface area contributed by atoms with Gasteiger partial charge < -0.3 is 5.11 Å². The molecule has 2 aliphatic rings. The second-order valence-electron chi connectivity index (χ2n) is 6.25. The highest BCUT2D eigenvalue weighted by atomic mass is 32.2. The minimum atomic E-state index is -3.56. The third kappa shape index (κ3) is 3.68. The van der Waals surface area contributed by atoms with E-state index in [1.165, 1.54) is 12.6 Å². The van der Waals surface area contributed by atoms with Crippen LogP contribution in [-0.4, -0.2) is 59.5 Å². The SMILES string of the molecule is O=CO.O=S(=O)(N[C@H]1CCCN2CCC[C@@H]12)c1cnc2ccccn12. The van der Waals surface area contributed by atoms with Crippen LogP contribution in [0.1, 0.15) is 25.7 Å². The maximum atomic E-state index is 12.8. The van der Waals surface area contributed by atoms with Gasteiger partial charge in [-0.05, 0) is 50.9 Å². The standard InChI is InChI=1S/C15H20N4O2S.CH2O2/c20-22(21,15-11-16-14-7-1-2-10-19(14)15)17-12-5-3-8-18-9-4-6-13(12)18;2-1-3/h1-2,7,10-13,17H,3-6,8-9H2;1H,(H,2,3)/t12-,13-;/m0./s1. The molecule has 2 N–H and O–H groups in total. The van der Waals surface area contributed by atoms with E-state index < -0.39 is 10.0 Å². The molecule has 2 aromatic rings. The molecule has 0 saturated carbocycles. The number of nitrogens with zero attached hydrogens (tertiary/aromatic N) is 3. The average Bonchev–Trinajstić information content (AvgIpc) is 3.23. The number of carbonyl (C=O) groups is 1. The summed E-state index contributed by atoms with van der Waals surface area (Å²) in [5.41, 5.74) is 0.647. The Balaban J connectivity index is 0.000000569. The van der Waals surface area contributed by atoms with Crippen molar-refractivity contribution in [3.8, 4) is 0 Å². The van der Waals surface area contributed by atoms with Crippen LogP contribution in [-0.2, 0) is 14.8 Å². The Bertz CT molecular complexity index is 836. The van der Waals surface area contributed by atoms with E-state index in [1.807, 2.05) is 12.1 Å². The summed E-state index contributed by atoms with van der Waals surface area (Å²) in [5.74, 6) is 0. The molecule has 8 nitrogen and oxygen atoms in total. The number of nitrogens with one attached hydrogen (secondary N) is 1. The van der Waals surface area contributed by atoms with Crippen molar-refractivity contribution in [2.45, 2.75) is 42.8 Å². The predicted molar refractivity (Wildman–Crippen MR) is 91.8 cm³/mol. The van der Waals surface area contributed by atoms with Crippen molar-refractivity contribution < 1.29 is 18.3 Å². The largest absolute Gasteiger partial charge is 0.483 e. The topological polar surface area (TPSA) is 104 Å². The number of hydrogen-bond acceptors (Lipinski definition) is 5. The van der Waals surface area contributed by atoms with E-state index in [-0.39, 0.29) is 17.5 Å². The van der Waals surface area contributed by atoms with Crippen molar-refractivity contribution in [3.63, 3.8) is 0 Å². The Kier molecular flexibility index (Phi) is 5.36. The number of hydrogen-bond donors (Lipinski definition) is 2. The highest BCUT2D eigenvalue weighted by molar-refractivity contribution is 7.89. The second-order valence-corrected chi connectivity index (χ2v) is 7.91. The van der Waals surface area contributed by atoms with Gasteiger partial charge in [-0.1, -0.05) is 6.07 Å². The lowest BCUT2D eigenvalue weighted by Gasteiger charge is -2.36. The van der Waals surface area contributed by atoms with Gasteiger partial charge in [0.15, 0.2) is 5.03 Å². The minimum Gasteiger partial charge on any atom is -0.483 e. The number of pyridine rings is 1. The molecule has 136 valence electrons. The van der Waals surface area contributed by atoms with Crippen LogP contribution < -0.4 is 4.72 Å². The zero-order valence-electron chi connectivity index (χ0n) is 13.8. The lowest BCUT2D eigenvalue weighted by atomic mass is 9.97. The maximum Gasteiger partial charge on any atom is 0.290 e. The Hall–Kier alpha value is -1.97. The van der Waals surface area contributed by atoms with Crippen molar-refractivity contribution in [2.24, 2.45) is 0 Å². The van der Waals surface area contributed by atoms with Crippen LogP contribution in [0.15, 0.2) is 35.6 Å². The van der Waals surface area contributed by atoms with E-state index in [2.05, 4.69) is 14.6 Å². The van der Waals surface area contributed by atoms with E-state index in [9.17, 15) is 8.42 Å². The first-order chi connectivity index (χ1) is 12.1. The Morgan fingerprint density at radius 3 is 2.72 bits per heavy atom. The molecule has 2 aromatic heterocycles. The Morgan fingerprint density at radius 2 is 1.96 bits per heavy atom. The van der Waals surface area contributed by atoms with Crippen LogP contribution >= 0.6 is 0 Å². The third-order valence-corrected chi connectivity index (χ3v) is 6.27. The average molecular weight is 366 g/mol. The lowest BCUT2D eigenvalue weighted by Crippen LogP contribution is -2.52. The van der Waals surface area contributed by atoms with Gasteiger partial charge in [0, 0.05) is 18.3 Å². The Morgan fingerprint density at radius 1 is 1.24 bits per heavy atom. The minimum absolute atomic E-state index is 0.00973. The molecule has 0 bridgehead atoms. The van der Waals surface area contributed by atoms with E-state index >= 15 is 0 Å². The van der Waals surface area contributed by atoms with Crippen LogP contribution in [0, 0.1) is 0 Å². The molecule has 25 heavy (non-hydrogen) atoms. The molecule has 0 unspecified atom stereocenters. The van der Waals surface area contributed by atoms with Gasteiger partial charge in [-0.2, -0.15) is 0 Å². The fraction of sp³-hybridized carbons (Fsp3) is 0.500. The van der Waals surface area contributed by atoms with Crippen molar-refractivity contribution in [2.75, 3.05) is 13.1 Å². The number of aromatic nitrogens is 2. The summed E-state index contributed by atoms with van der Waals surface area (Å²) < 4.78 is 30.1. The molecule has 0 radical (unpaired) electrons. The molecule has 2 aliphatic heterocycles. The molecule has 2 atom stereocenters. The normalized spacial score (nSPS) is 23.7. The quantitative estimate of drug-likeness (QED) is 0.784. The van der Waals surface area contributed by atoms with E-state index in [0.717, 1.165) is 32.4 Å². The van der Waals surface area contributed by atoms with Crippen LogP contribution in [0.4, 0.5) is 0 Å². The van der Waals surface area contributed by atoms with Gasteiger partial charge in [-0.15, -0.1) is 0 Å². The highest BCUT2D eigenvalue weighted by Crippen LogP contribution is 2.28. The first kappa shape index (κ1) is 17.8. The first-order valence-electron chi connectivity index (χ1n) is 8.33. The molecule has 0 amide bonds. The van der Waals surface area contributed by atoms with Crippen LogP contribution in [0.3, 0.4) is 0 Å². The Labute approximate surface area is 146 Å². The van der Waals surface area contributed by atoms with Gasteiger partial charge >= 0.3 is 0 Å². The van der Waals surface area contributed by atoms with E-state index in [1.54, 1.807) is 16.7 Å². The molecule has 0 spiro atoms. The summed E-state index contributed by atoms with van der Waals surface area (Å²) >= 11 is 0. The summed E-state index contributed by atoms with van der Waals surface area (Å²) in [4.78, 5) is 15.0. The summed E-state index contributed by atoms with van der Waals surface area (Å²) in [7, 11) is -3.56. The highest BCUT2D eigenvalue weighted by Gasteiger charge is 2.37. The molecule has 4 rings (SSSR count). The molecule has 2 saturated heterocycles. The smallest absolute Gasteiger partial charge is 0.290 e. The van der Waals surface area contributed by atoms with Crippen LogP contribution in [0.5, 0.6) is 0 Å². The van der Waals surface area contributed by atoms with Gasteiger partial charge in [0.1, 0.15) is 5.65 Å². The van der Waals surface area contributed by atoms with Crippen molar-refractivity contribution in [1.29, 1.82) is 0 Å². The van der Waals surface area contributed by atoms with Crippen molar-refractivity contribution in [1.82, 2.24) is 19.0 Å². The van der Waals surface area contributed by atoms with Gasteiger partial charge in [0.25, 0.3) is 16.5 Å². The molecule has 9 heteroatoms. The lowest BCUT2D eigenvalue weighted by molar-refractivity contribution is -0.122. The zero-order valence-corrected chi connectivity index (χ0v) is 14.6.